The van der Waals surface area contributed by atoms with Crippen molar-refractivity contribution in [3.05, 3.63) is 105 Å². The Balaban J connectivity index is 2.04. The third kappa shape index (κ3) is 7.58. The lowest BCUT2D eigenvalue weighted by Gasteiger charge is -2.32. The minimum absolute atomic E-state index is 0.0685. The molecule has 3 aromatic carbocycles. The van der Waals surface area contributed by atoms with Crippen molar-refractivity contribution in [3.8, 4) is 0 Å². The molecule has 0 radical (unpaired) electrons. The van der Waals surface area contributed by atoms with Gasteiger partial charge in [-0.25, -0.2) is 0 Å². The fourth-order valence-electron chi connectivity index (χ4n) is 4.24. The van der Waals surface area contributed by atoms with Crippen LogP contribution >= 0.6 is 23.2 Å². The summed E-state index contributed by atoms with van der Waals surface area (Å²) in [6.45, 7) is 7.96. The number of nitrogens with one attached hydrogen (secondary N) is 1. The Morgan fingerprint density at radius 2 is 1.46 bits per heavy atom. The van der Waals surface area contributed by atoms with Crippen LogP contribution in [-0.4, -0.2) is 28.8 Å². The maximum atomic E-state index is 13.8. The first-order chi connectivity index (χ1) is 16.6. The molecule has 0 fully saturated rings. The van der Waals surface area contributed by atoms with Crippen molar-refractivity contribution in [3.63, 3.8) is 0 Å². The summed E-state index contributed by atoms with van der Waals surface area (Å²) in [5.74, 6) is -0.369. The molecule has 0 aromatic heterocycles. The van der Waals surface area contributed by atoms with Gasteiger partial charge in [0.15, 0.2) is 0 Å². The second-order valence-electron chi connectivity index (χ2n) is 9.26. The highest BCUT2D eigenvalue weighted by atomic mass is 35.5. The van der Waals surface area contributed by atoms with E-state index >= 15 is 0 Å². The minimum Gasteiger partial charge on any atom is -0.352 e. The average Bonchev–Trinajstić information content (AvgIpc) is 2.77. The van der Waals surface area contributed by atoms with E-state index in [0.717, 1.165) is 22.3 Å². The van der Waals surface area contributed by atoms with Gasteiger partial charge in [0.25, 0.3) is 0 Å². The SMILES string of the molecule is Cc1cc(C)cc(CC(=O)N(Cc2c(Cl)cccc2Cl)C(Cc2ccccc2)C(=O)NC(C)C)c1. The molecule has 2 amide bonds. The van der Waals surface area contributed by atoms with Crippen LogP contribution in [0.2, 0.25) is 10.0 Å². The fourth-order valence-corrected chi connectivity index (χ4v) is 4.75. The summed E-state index contributed by atoms with van der Waals surface area (Å²) < 4.78 is 0. The second-order valence-corrected chi connectivity index (χ2v) is 10.1. The van der Waals surface area contributed by atoms with Crippen LogP contribution in [0.3, 0.4) is 0 Å². The summed E-state index contributed by atoms with van der Waals surface area (Å²) in [7, 11) is 0. The van der Waals surface area contributed by atoms with Gasteiger partial charge in [0.05, 0.1) is 6.42 Å². The molecule has 1 atom stereocenters. The monoisotopic (exact) mass is 510 g/mol. The molecule has 184 valence electrons. The van der Waals surface area contributed by atoms with Crippen molar-refractivity contribution in [2.24, 2.45) is 0 Å². The van der Waals surface area contributed by atoms with E-state index in [1.54, 1.807) is 23.1 Å². The largest absolute Gasteiger partial charge is 0.352 e. The van der Waals surface area contributed by atoms with E-state index in [1.165, 1.54) is 0 Å². The van der Waals surface area contributed by atoms with E-state index in [9.17, 15) is 9.59 Å². The van der Waals surface area contributed by atoms with Crippen molar-refractivity contribution in [2.45, 2.75) is 59.2 Å². The summed E-state index contributed by atoms with van der Waals surface area (Å²) in [5.41, 5.74) is 4.68. The van der Waals surface area contributed by atoms with E-state index in [1.807, 2.05) is 70.2 Å². The van der Waals surface area contributed by atoms with Crippen LogP contribution in [0, 0.1) is 13.8 Å². The van der Waals surface area contributed by atoms with Gasteiger partial charge in [-0.2, -0.15) is 0 Å². The summed E-state index contributed by atoms with van der Waals surface area (Å²) in [6, 6.07) is 20.3. The maximum Gasteiger partial charge on any atom is 0.243 e. The summed E-state index contributed by atoms with van der Waals surface area (Å²) in [5, 5.41) is 3.92. The third-order valence-electron chi connectivity index (χ3n) is 5.73. The summed E-state index contributed by atoms with van der Waals surface area (Å²) >= 11 is 13.0. The molecule has 0 bridgehead atoms. The van der Waals surface area contributed by atoms with Crippen molar-refractivity contribution < 1.29 is 9.59 Å². The van der Waals surface area contributed by atoms with Crippen LogP contribution < -0.4 is 5.32 Å². The molecule has 3 rings (SSSR count). The van der Waals surface area contributed by atoms with Gasteiger partial charge < -0.3 is 10.2 Å². The second kappa shape index (κ2) is 12.2. The fraction of sp³-hybridized carbons (Fsp3) is 0.310. The number of amides is 2. The molecule has 1 N–H and O–H groups in total. The number of carbonyl (C=O) groups is 2. The van der Waals surface area contributed by atoms with E-state index in [0.29, 0.717) is 22.0 Å². The topological polar surface area (TPSA) is 49.4 Å². The molecule has 0 aliphatic rings. The molecule has 1 unspecified atom stereocenters. The molecular formula is C29H32Cl2N2O2. The number of nitrogens with zero attached hydrogens (tertiary/aromatic N) is 1. The molecule has 4 nitrogen and oxygen atoms in total. The molecule has 6 heteroatoms. The lowest BCUT2D eigenvalue weighted by molar-refractivity contribution is -0.141. The highest BCUT2D eigenvalue weighted by molar-refractivity contribution is 6.36. The van der Waals surface area contributed by atoms with Gasteiger partial charge in [-0.15, -0.1) is 0 Å². The minimum atomic E-state index is -0.731. The zero-order chi connectivity index (χ0) is 25.5. The van der Waals surface area contributed by atoms with E-state index in [4.69, 9.17) is 23.2 Å². The van der Waals surface area contributed by atoms with Crippen LogP contribution in [0.5, 0.6) is 0 Å². The molecule has 35 heavy (non-hydrogen) atoms. The molecule has 0 spiro atoms. The van der Waals surface area contributed by atoms with Crippen LogP contribution in [0.25, 0.3) is 0 Å². The Bertz CT molecular complexity index is 1140. The van der Waals surface area contributed by atoms with E-state index in [-0.39, 0.29) is 30.8 Å². The quantitative estimate of drug-likeness (QED) is 0.366. The van der Waals surface area contributed by atoms with Crippen molar-refractivity contribution >= 4 is 35.0 Å². The zero-order valence-electron chi connectivity index (χ0n) is 20.6. The molecular weight excluding hydrogens is 479 g/mol. The summed E-state index contributed by atoms with van der Waals surface area (Å²) in [6.07, 6.45) is 0.547. The lowest BCUT2D eigenvalue weighted by atomic mass is 10.00. The first-order valence-corrected chi connectivity index (χ1v) is 12.5. The van der Waals surface area contributed by atoms with Gasteiger partial charge in [-0.1, -0.05) is 88.9 Å². The van der Waals surface area contributed by atoms with Gasteiger partial charge in [0.1, 0.15) is 6.04 Å². The third-order valence-corrected chi connectivity index (χ3v) is 6.44. The first kappa shape index (κ1) is 26.8. The molecule has 0 aliphatic heterocycles. The van der Waals surface area contributed by atoms with Crippen LogP contribution in [0.4, 0.5) is 0 Å². The van der Waals surface area contributed by atoms with E-state index in [2.05, 4.69) is 11.4 Å². The van der Waals surface area contributed by atoms with Crippen LogP contribution in [-0.2, 0) is 29.0 Å². The smallest absolute Gasteiger partial charge is 0.243 e. The van der Waals surface area contributed by atoms with Crippen molar-refractivity contribution in [2.75, 3.05) is 0 Å². The van der Waals surface area contributed by atoms with Crippen molar-refractivity contribution in [1.29, 1.82) is 0 Å². The van der Waals surface area contributed by atoms with Crippen molar-refractivity contribution in [1.82, 2.24) is 10.2 Å². The number of aryl methyl sites for hydroxylation is 2. The summed E-state index contributed by atoms with van der Waals surface area (Å²) in [4.78, 5) is 28.9. The number of carbonyl (C=O) groups excluding carboxylic acids is 2. The Morgan fingerprint density at radius 1 is 0.857 bits per heavy atom. The van der Waals surface area contributed by atoms with Crippen LogP contribution in [0.1, 0.15) is 41.7 Å². The number of hydrogen-bond donors (Lipinski definition) is 1. The number of hydrogen-bond acceptors (Lipinski definition) is 2. The average molecular weight is 511 g/mol. The lowest BCUT2D eigenvalue weighted by Crippen LogP contribution is -2.52. The number of halogens is 2. The molecule has 0 saturated carbocycles. The first-order valence-electron chi connectivity index (χ1n) is 11.8. The highest BCUT2D eigenvalue weighted by Crippen LogP contribution is 2.27. The highest BCUT2D eigenvalue weighted by Gasteiger charge is 2.31. The predicted molar refractivity (Wildman–Crippen MR) is 144 cm³/mol. The van der Waals surface area contributed by atoms with Crippen LogP contribution in [0.15, 0.2) is 66.7 Å². The Labute approximate surface area is 218 Å². The number of benzene rings is 3. The number of rotatable bonds is 9. The van der Waals surface area contributed by atoms with Gasteiger partial charge >= 0.3 is 0 Å². The van der Waals surface area contributed by atoms with Gasteiger partial charge in [-0.3, -0.25) is 9.59 Å². The Kier molecular flexibility index (Phi) is 9.36. The Morgan fingerprint density at radius 3 is 2.03 bits per heavy atom. The van der Waals surface area contributed by atoms with Gasteiger partial charge in [0, 0.05) is 34.6 Å². The maximum absolute atomic E-state index is 13.8. The molecule has 0 saturated heterocycles. The van der Waals surface area contributed by atoms with Gasteiger partial charge in [0.2, 0.25) is 11.8 Å². The molecule has 0 heterocycles. The van der Waals surface area contributed by atoms with E-state index < -0.39 is 6.04 Å². The predicted octanol–water partition coefficient (Wildman–Crippen LogP) is 6.32. The zero-order valence-corrected chi connectivity index (χ0v) is 22.2. The standard InChI is InChI=1S/C29H32Cl2N2O2/c1-19(2)32-29(35)27(16-22-9-6-5-7-10-22)33(18-24-25(30)11-8-12-26(24)31)28(34)17-23-14-20(3)13-21(4)15-23/h5-15,19,27H,16-18H2,1-4H3,(H,32,35). The normalized spacial score (nSPS) is 11.9. The Hall–Kier alpha value is -2.82. The molecule has 0 aliphatic carbocycles. The molecule has 3 aromatic rings. The van der Waals surface area contributed by atoms with Gasteiger partial charge in [-0.05, 0) is 51.0 Å².